The fraction of sp³-hybridized carbons (Fsp3) is 0.571. The normalized spacial score (nSPS) is 12.0. The molecule has 1 rings (SSSR count). The maximum atomic E-state index is 12.2. The number of amides is 1. The zero-order chi connectivity index (χ0) is 16.3. The molecule has 0 saturated heterocycles. The largest absolute Gasteiger partial charge is 0.385 e. The van der Waals surface area contributed by atoms with Gasteiger partial charge in [0.2, 0.25) is 0 Å². The first-order valence-electron chi connectivity index (χ1n) is 6.77. The Balaban J connectivity index is 2.91. The minimum atomic E-state index is -3.25. The molecule has 6 nitrogen and oxygen atoms in total. The third kappa shape index (κ3) is 4.42. The number of pyridine rings is 1. The van der Waals surface area contributed by atoms with Gasteiger partial charge in [0.1, 0.15) is 0 Å². The minimum Gasteiger partial charge on any atom is -0.385 e. The van der Waals surface area contributed by atoms with Gasteiger partial charge in [0, 0.05) is 31.2 Å². The Morgan fingerprint density at radius 1 is 1.38 bits per heavy atom. The van der Waals surface area contributed by atoms with E-state index in [9.17, 15) is 13.2 Å². The fourth-order valence-electron chi connectivity index (χ4n) is 1.60. The van der Waals surface area contributed by atoms with Crippen molar-refractivity contribution in [2.45, 2.75) is 32.4 Å². The van der Waals surface area contributed by atoms with E-state index in [1.165, 1.54) is 6.20 Å². The summed E-state index contributed by atoms with van der Waals surface area (Å²) in [5.74, 6) is -0.338. The lowest BCUT2D eigenvalue weighted by molar-refractivity contribution is 0.0951. The highest BCUT2D eigenvalue weighted by Gasteiger charge is 2.30. The highest BCUT2D eigenvalue weighted by molar-refractivity contribution is 7.92. The average molecular weight is 313 g/mol. The topological polar surface area (TPSA) is 88.2 Å². The third-order valence-corrected chi connectivity index (χ3v) is 5.48. The van der Waals surface area contributed by atoms with Crippen molar-refractivity contribution >= 4 is 21.4 Å². The number of carbonyl (C=O) groups excluding carboxylic acids is 1. The average Bonchev–Trinajstić information content (AvgIpc) is 2.35. The molecule has 0 aliphatic rings. The first-order valence-corrected chi connectivity index (χ1v) is 8.66. The lowest BCUT2D eigenvalue weighted by Crippen LogP contribution is -2.43. The molecule has 0 saturated carbocycles. The van der Waals surface area contributed by atoms with Crippen molar-refractivity contribution in [2.75, 3.05) is 24.7 Å². The molecule has 21 heavy (non-hydrogen) atoms. The Morgan fingerprint density at radius 3 is 2.52 bits per heavy atom. The summed E-state index contributed by atoms with van der Waals surface area (Å²) in [5.41, 5.74) is 1.91. The predicted octanol–water partition coefficient (Wildman–Crippen LogP) is 1.37. The quantitative estimate of drug-likeness (QED) is 0.828. The zero-order valence-corrected chi connectivity index (χ0v) is 14.0. The molecule has 1 heterocycles. The molecule has 0 radical (unpaired) electrons. The number of aryl methyl sites for hydroxylation is 1. The van der Waals surface area contributed by atoms with E-state index < -0.39 is 14.6 Å². The predicted molar refractivity (Wildman–Crippen MR) is 84.4 cm³/mol. The van der Waals surface area contributed by atoms with Gasteiger partial charge in [0.05, 0.1) is 16.0 Å². The molecule has 1 aromatic rings. The molecule has 1 amide bonds. The first-order chi connectivity index (χ1) is 9.58. The standard InChI is InChI=1S/C14H23N3O3S/c1-6-15-12-7-10(2)16-8-11(12)13(18)17-9-14(3,4)21(5,19)20/h7-8H,6,9H2,1-5H3,(H,15,16)(H,17,18). The SMILES string of the molecule is CCNc1cc(C)ncc1C(=O)NCC(C)(C)S(C)(=O)=O. The number of anilines is 1. The van der Waals surface area contributed by atoms with Crippen molar-refractivity contribution < 1.29 is 13.2 Å². The van der Waals surface area contributed by atoms with Crippen molar-refractivity contribution in [1.29, 1.82) is 0 Å². The minimum absolute atomic E-state index is 0.0457. The van der Waals surface area contributed by atoms with E-state index >= 15 is 0 Å². The molecular weight excluding hydrogens is 290 g/mol. The van der Waals surface area contributed by atoms with Crippen molar-refractivity contribution in [3.05, 3.63) is 23.5 Å². The number of hydrogen-bond donors (Lipinski definition) is 2. The molecule has 0 aromatic carbocycles. The highest BCUT2D eigenvalue weighted by atomic mass is 32.2. The molecule has 0 atom stereocenters. The molecule has 0 unspecified atom stereocenters. The van der Waals surface area contributed by atoms with Crippen LogP contribution in [0.2, 0.25) is 0 Å². The van der Waals surface area contributed by atoms with Crippen molar-refractivity contribution in [2.24, 2.45) is 0 Å². The molecular formula is C14H23N3O3S. The van der Waals surface area contributed by atoms with E-state index in [1.54, 1.807) is 19.9 Å². The Morgan fingerprint density at radius 2 is 2.00 bits per heavy atom. The summed E-state index contributed by atoms with van der Waals surface area (Å²) < 4.78 is 22.3. The third-order valence-electron chi connectivity index (χ3n) is 3.33. The number of carbonyl (C=O) groups is 1. The fourth-order valence-corrected chi connectivity index (χ4v) is 1.93. The van der Waals surface area contributed by atoms with Crippen molar-refractivity contribution in [3.63, 3.8) is 0 Å². The van der Waals surface area contributed by atoms with Gasteiger partial charge in [-0.25, -0.2) is 8.42 Å². The van der Waals surface area contributed by atoms with Crippen LogP contribution in [0.5, 0.6) is 0 Å². The number of nitrogens with one attached hydrogen (secondary N) is 2. The van der Waals surface area contributed by atoms with E-state index in [4.69, 9.17) is 0 Å². The monoisotopic (exact) mass is 313 g/mol. The summed E-state index contributed by atoms with van der Waals surface area (Å²) in [6.45, 7) is 7.67. The van der Waals surface area contributed by atoms with E-state index in [0.29, 0.717) is 17.8 Å². The highest BCUT2D eigenvalue weighted by Crippen LogP contribution is 2.17. The van der Waals surface area contributed by atoms with Crippen LogP contribution in [-0.4, -0.2) is 43.4 Å². The van der Waals surface area contributed by atoms with Crippen LogP contribution in [0, 0.1) is 6.92 Å². The molecule has 1 aromatic heterocycles. The van der Waals surface area contributed by atoms with Gasteiger partial charge in [0.25, 0.3) is 5.91 Å². The second kappa shape index (κ2) is 6.43. The number of aromatic nitrogens is 1. The van der Waals surface area contributed by atoms with Gasteiger partial charge < -0.3 is 10.6 Å². The Kier molecular flexibility index (Phi) is 5.33. The Hall–Kier alpha value is -1.63. The molecule has 0 fully saturated rings. The Bertz CT molecular complexity index is 624. The number of hydrogen-bond acceptors (Lipinski definition) is 5. The summed E-state index contributed by atoms with van der Waals surface area (Å²) in [6, 6.07) is 1.79. The van der Waals surface area contributed by atoms with Crippen LogP contribution in [-0.2, 0) is 9.84 Å². The van der Waals surface area contributed by atoms with Crippen LogP contribution >= 0.6 is 0 Å². The van der Waals surface area contributed by atoms with E-state index in [0.717, 1.165) is 11.9 Å². The summed E-state index contributed by atoms with van der Waals surface area (Å²) in [6.07, 6.45) is 2.66. The summed E-state index contributed by atoms with van der Waals surface area (Å²) in [5, 5.41) is 5.77. The van der Waals surface area contributed by atoms with E-state index in [2.05, 4.69) is 15.6 Å². The Labute approximate surface area is 126 Å². The second-order valence-electron chi connectivity index (χ2n) is 5.62. The lowest BCUT2D eigenvalue weighted by atomic mass is 10.1. The maximum Gasteiger partial charge on any atom is 0.255 e. The van der Waals surface area contributed by atoms with Crippen LogP contribution in [0.3, 0.4) is 0 Å². The molecule has 2 N–H and O–H groups in total. The number of rotatable bonds is 6. The summed E-state index contributed by atoms with van der Waals surface area (Å²) in [4.78, 5) is 16.4. The van der Waals surface area contributed by atoms with Gasteiger partial charge in [0.15, 0.2) is 9.84 Å². The van der Waals surface area contributed by atoms with E-state index in [-0.39, 0.29) is 12.5 Å². The van der Waals surface area contributed by atoms with Crippen LogP contribution < -0.4 is 10.6 Å². The molecule has 0 bridgehead atoms. The number of sulfone groups is 1. The van der Waals surface area contributed by atoms with Crippen LogP contribution in [0.1, 0.15) is 36.8 Å². The van der Waals surface area contributed by atoms with Crippen molar-refractivity contribution in [1.82, 2.24) is 10.3 Å². The summed E-state index contributed by atoms with van der Waals surface area (Å²) in [7, 11) is -3.25. The second-order valence-corrected chi connectivity index (χ2v) is 8.27. The van der Waals surface area contributed by atoms with Crippen molar-refractivity contribution in [3.8, 4) is 0 Å². The zero-order valence-electron chi connectivity index (χ0n) is 13.1. The van der Waals surface area contributed by atoms with Gasteiger partial charge in [-0.1, -0.05) is 0 Å². The van der Waals surface area contributed by atoms with Crippen LogP contribution in [0.15, 0.2) is 12.3 Å². The lowest BCUT2D eigenvalue weighted by Gasteiger charge is -2.23. The number of nitrogens with zero attached hydrogens (tertiary/aromatic N) is 1. The molecule has 7 heteroatoms. The molecule has 118 valence electrons. The van der Waals surface area contributed by atoms with Crippen LogP contribution in [0.25, 0.3) is 0 Å². The van der Waals surface area contributed by atoms with Gasteiger partial charge in [-0.15, -0.1) is 0 Å². The first kappa shape index (κ1) is 17.4. The summed E-state index contributed by atoms with van der Waals surface area (Å²) >= 11 is 0. The van der Waals surface area contributed by atoms with Gasteiger partial charge in [-0.05, 0) is 33.8 Å². The van der Waals surface area contributed by atoms with Gasteiger partial charge >= 0.3 is 0 Å². The molecule has 0 spiro atoms. The van der Waals surface area contributed by atoms with Gasteiger partial charge in [-0.3, -0.25) is 9.78 Å². The van der Waals surface area contributed by atoms with Gasteiger partial charge in [-0.2, -0.15) is 0 Å². The maximum absolute atomic E-state index is 12.2. The molecule has 0 aliphatic carbocycles. The van der Waals surface area contributed by atoms with Crippen LogP contribution in [0.4, 0.5) is 5.69 Å². The smallest absolute Gasteiger partial charge is 0.255 e. The molecule has 0 aliphatic heterocycles. The van der Waals surface area contributed by atoms with E-state index in [1.807, 2.05) is 13.8 Å².